The Bertz CT molecular complexity index is 1050. The number of rotatable bonds is 8. The summed E-state index contributed by atoms with van der Waals surface area (Å²) in [6.45, 7) is 2.84. The number of aliphatic hydroxyl groups is 1. The van der Waals surface area contributed by atoms with Crippen molar-refractivity contribution in [1.82, 2.24) is 9.88 Å². The number of carbonyl (C=O) groups is 1. The zero-order valence-electron chi connectivity index (χ0n) is 17.6. The van der Waals surface area contributed by atoms with Gasteiger partial charge in [0.15, 0.2) is 0 Å². The van der Waals surface area contributed by atoms with Gasteiger partial charge in [0, 0.05) is 34.2 Å². The highest BCUT2D eigenvalue weighted by atomic mass is 35.5. The summed E-state index contributed by atoms with van der Waals surface area (Å²) in [5.74, 6) is 0.671. The van der Waals surface area contributed by atoms with Crippen LogP contribution in [0.15, 0.2) is 42.5 Å². The number of hydrogen-bond donors (Lipinski definition) is 3. The first-order chi connectivity index (χ1) is 15.0. The van der Waals surface area contributed by atoms with Gasteiger partial charge in [0.1, 0.15) is 12.4 Å². The molecule has 0 spiro atoms. The molecule has 1 aromatic heterocycles. The van der Waals surface area contributed by atoms with Crippen LogP contribution in [0.3, 0.4) is 0 Å². The van der Waals surface area contributed by atoms with Crippen LogP contribution < -0.4 is 10.5 Å². The van der Waals surface area contributed by atoms with Crippen molar-refractivity contribution in [3.05, 3.63) is 64.3 Å². The summed E-state index contributed by atoms with van der Waals surface area (Å²) in [4.78, 5) is 17.1. The lowest BCUT2D eigenvalue weighted by atomic mass is 9.93. The molecule has 1 amide bonds. The summed E-state index contributed by atoms with van der Waals surface area (Å²) in [7, 11) is 0. The van der Waals surface area contributed by atoms with Gasteiger partial charge in [-0.2, -0.15) is 0 Å². The van der Waals surface area contributed by atoms with Gasteiger partial charge in [-0.15, -0.1) is 0 Å². The van der Waals surface area contributed by atoms with Crippen molar-refractivity contribution in [3.8, 4) is 5.75 Å². The van der Waals surface area contributed by atoms with Gasteiger partial charge in [-0.25, -0.2) is 0 Å². The fourth-order valence-electron chi connectivity index (χ4n) is 4.27. The molecule has 164 valence electrons. The fourth-order valence-corrected chi connectivity index (χ4v) is 4.45. The van der Waals surface area contributed by atoms with Crippen molar-refractivity contribution >= 4 is 28.9 Å². The molecule has 4 N–H and O–H groups in total. The van der Waals surface area contributed by atoms with Gasteiger partial charge in [0.2, 0.25) is 6.41 Å². The topological polar surface area (TPSA) is 91.6 Å². The van der Waals surface area contributed by atoms with Gasteiger partial charge in [0.25, 0.3) is 0 Å². The first kappa shape index (κ1) is 21.7. The molecule has 0 radical (unpaired) electrons. The molecule has 1 aliphatic rings. The number of nitrogens with zero attached hydrogens (tertiary/aromatic N) is 1. The molecular formula is C24H28ClN3O3. The minimum atomic E-state index is -0.598. The second kappa shape index (κ2) is 9.30. The van der Waals surface area contributed by atoms with Crippen LogP contribution in [0.25, 0.3) is 10.9 Å². The van der Waals surface area contributed by atoms with Crippen LogP contribution in [0.2, 0.25) is 5.02 Å². The zero-order chi connectivity index (χ0) is 22.0. The number of H-pyrrole nitrogens is 1. The molecule has 3 atom stereocenters. The lowest BCUT2D eigenvalue weighted by Crippen LogP contribution is -2.35. The molecule has 0 aliphatic carbocycles. The smallest absolute Gasteiger partial charge is 0.210 e. The van der Waals surface area contributed by atoms with E-state index >= 15 is 0 Å². The SMILES string of the molecule is CCC(N)CC(O)COc1ccc(C2c3[nH]c4ccc(Cl)cc4c3CCN2C=O)cc1. The summed E-state index contributed by atoms with van der Waals surface area (Å²) in [6, 6.07) is 13.3. The molecule has 3 unspecified atom stereocenters. The highest BCUT2D eigenvalue weighted by Crippen LogP contribution is 2.38. The van der Waals surface area contributed by atoms with Gasteiger partial charge >= 0.3 is 0 Å². The normalized spacial score (nSPS) is 17.9. The molecule has 7 heteroatoms. The fraction of sp³-hybridized carbons (Fsp3) is 0.375. The highest BCUT2D eigenvalue weighted by Gasteiger charge is 2.31. The second-order valence-corrected chi connectivity index (χ2v) is 8.58. The van der Waals surface area contributed by atoms with E-state index in [9.17, 15) is 9.90 Å². The third-order valence-corrected chi connectivity index (χ3v) is 6.23. The van der Waals surface area contributed by atoms with Crippen LogP contribution in [0, 0.1) is 0 Å². The van der Waals surface area contributed by atoms with E-state index < -0.39 is 6.10 Å². The standard InChI is InChI=1S/C24H28ClN3O3/c1-2-17(26)12-18(30)13-31-19-6-3-15(4-7-19)24-23-20(9-10-28(24)14-29)21-11-16(25)5-8-22(21)27-23/h3-8,11,14,17-18,24,27,30H,2,9-10,12-13,26H2,1H3. The molecule has 3 aromatic rings. The number of amides is 1. The molecule has 0 saturated heterocycles. The summed E-state index contributed by atoms with van der Waals surface area (Å²) < 4.78 is 5.73. The zero-order valence-corrected chi connectivity index (χ0v) is 18.3. The van der Waals surface area contributed by atoms with E-state index in [0.29, 0.717) is 23.7 Å². The number of halogens is 1. The Morgan fingerprint density at radius 3 is 2.81 bits per heavy atom. The largest absolute Gasteiger partial charge is 0.491 e. The third-order valence-electron chi connectivity index (χ3n) is 6.00. The number of aromatic amines is 1. The highest BCUT2D eigenvalue weighted by molar-refractivity contribution is 6.31. The minimum absolute atomic E-state index is 0.0259. The Balaban J connectivity index is 1.56. The molecule has 2 heterocycles. The Morgan fingerprint density at radius 1 is 1.32 bits per heavy atom. The Morgan fingerprint density at radius 2 is 2.10 bits per heavy atom. The van der Waals surface area contributed by atoms with Crippen molar-refractivity contribution in [3.63, 3.8) is 0 Å². The van der Waals surface area contributed by atoms with Crippen LogP contribution in [0.4, 0.5) is 0 Å². The summed E-state index contributed by atoms with van der Waals surface area (Å²) in [5, 5.41) is 11.9. The number of ether oxygens (including phenoxy) is 1. The van der Waals surface area contributed by atoms with Crippen molar-refractivity contribution in [2.24, 2.45) is 5.73 Å². The van der Waals surface area contributed by atoms with Gasteiger partial charge in [-0.05, 0) is 60.7 Å². The second-order valence-electron chi connectivity index (χ2n) is 8.14. The Kier molecular flexibility index (Phi) is 6.51. The van der Waals surface area contributed by atoms with Crippen molar-refractivity contribution in [2.75, 3.05) is 13.2 Å². The van der Waals surface area contributed by atoms with E-state index in [2.05, 4.69) is 4.98 Å². The number of aromatic nitrogens is 1. The summed E-state index contributed by atoms with van der Waals surface area (Å²) >= 11 is 6.21. The first-order valence-electron chi connectivity index (χ1n) is 10.7. The van der Waals surface area contributed by atoms with Crippen molar-refractivity contribution in [1.29, 1.82) is 0 Å². The van der Waals surface area contributed by atoms with Crippen LogP contribution in [0.5, 0.6) is 5.75 Å². The lowest BCUT2D eigenvalue weighted by Gasteiger charge is -2.33. The molecule has 4 rings (SSSR count). The molecule has 6 nitrogen and oxygen atoms in total. The predicted molar refractivity (Wildman–Crippen MR) is 122 cm³/mol. The molecule has 2 aromatic carbocycles. The van der Waals surface area contributed by atoms with Gasteiger partial charge < -0.3 is 25.5 Å². The van der Waals surface area contributed by atoms with Crippen molar-refractivity contribution in [2.45, 2.75) is 44.4 Å². The molecule has 31 heavy (non-hydrogen) atoms. The molecular weight excluding hydrogens is 414 g/mol. The average Bonchev–Trinajstić information content (AvgIpc) is 3.15. The average molecular weight is 442 g/mol. The summed E-state index contributed by atoms with van der Waals surface area (Å²) in [6.07, 6.45) is 2.42. The Hall–Kier alpha value is -2.54. The Labute approximate surface area is 186 Å². The number of carbonyl (C=O) groups excluding carboxylic acids is 1. The maximum absolute atomic E-state index is 11.8. The van der Waals surface area contributed by atoms with Gasteiger partial charge in [-0.3, -0.25) is 4.79 Å². The van der Waals surface area contributed by atoms with E-state index in [-0.39, 0.29) is 18.7 Å². The summed E-state index contributed by atoms with van der Waals surface area (Å²) in [5.41, 5.74) is 10.1. The first-order valence-corrected chi connectivity index (χ1v) is 11.1. The number of aliphatic hydroxyl groups excluding tert-OH is 1. The number of nitrogens with two attached hydrogens (primary N) is 1. The van der Waals surface area contributed by atoms with Gasteiger partial charge in [0.05, 0.1) is 12.1 Å². The minimum Gasteiger partial charge on any atom is -0.491 e. The van der Waals surface area contributed by atoms with Crippen LogP contribution >= 0.6 is 11.6 Å². The molecule has 0 bridgehead atoms. The third kappa shape index (κ3) is 4.56. The van der Waals surface area contributed by atoms with Gasteiger partial charge in [-0.1, -0.05) is 30.7 Å². The number of fused-ring (bicyclic) bond motifs is 3. The maximum atomic E-state index is 11.8. The number of benzene rings is 2. The van der Waals surface area contributed by atoms with Crippen LogP contribution in [-0.2, 0) is 11.2 Å². The van der Waals surface area contributed by atoms with E-state index in [1.54, 1.807) is 0 Å². The number of nitrogens with one attached hydrogen (secondary N) is 1. The monoisotopic (exact) mass is 441 g/mol. The molecule has 0 fully saturated rings. The quantitative estimate of drug-likeness (QED) is 0.464. The predicted octanol–water partition coefficient (Wildman–Crippen LogP) is 3.79. The van der Waals surface area contributed by atoms with E-state index in [1.807, 2.05) is 54.3 Å². The van der Waals surface area contributed by atoms with E-state index in [0.717, 1.165) is 41.4 Å². The molecule has 0 saturated carbocycles. The molecule has 1 aliphatic heterocycles. The maximum Gasteiger partial charge on any atom is 0.210 e. The lowest BCUT2D eigenvalue weighted by molar-refractivity contribution is -0.120. The van der Waals surface area contributed by atoms with E-state index in [4.69, 9.17) is 22.1 Å². The van der Waals surface area contributed by atoms with Crippen LogP contribution in [-0.4, -0.2) is 46.7 Å². The van der Waals surface area contributed by atoms with Crippen LogP contribution in [0.1, 0.15) is 42.6 Å². The number of hydrogen-bond acceptors (Lipinski definition) is 4. The van der Waals surface area contributed by atoms with E-state index in [1.165, 1.54) is 5.56 Å². The van der Waals surface area contributed by atoms with Crippen molar-refractivity contribution < 1.29 is 14.6 Å².